The van der Waals surface area contributed by atoms with Crippen molar-refractivity contribution in [3.05, 3.63) is 42.5 Å². The highest BCUT2D eigenvalue weighted by molar-refractivity contribution is 5.94. The van der Waals surface area contributed by atoms with E-state index in [4.69, 9.17) is 0 Å². The molecule has 0 saturated carbocycles. The van der Waals surface area contributed by atoms with Gasteiger partial charge in [-0.15, -0.1) is 0 Å². The van der Waals surface area contributed by atoms with E-state index in [2.05, 4.69) is 15.4 Å². The zero-order valence-electron chi connectivity index (χ0n) is 12.8. The fourth-order valence-electron chi connectivity index (χ4n) is 2.99. The molecule has 1 amide bonds. The number of amides is 1. The molecule has 6 heteroatoms. The molecule has 1 fully saturated rings. The third kappa shape index (κ3) is 3.17. The predicted molar refractivity (Wildman–Crippen MR) is 83.9 cm³/mol. The molecular weight excluding hydrogens is 278 g/mol. The van der Waals surface area contributed by atoms with Crippen LogP contribution in [0, 0.1) is 5.92 Å². The molecular formula is C16H21N5O. The van der Waals surface area contributed by atoms with Crippen molar-refractivity contribution >= 4 is 5.91 Å². The van der Waals surface area contributed by atoms with Crippen molar-refractivity contribution in [3.63, 3.8) is 0 Å². The number of hydrogen-bond acceptors (Lipinski definition) is 4. The number of carbonyl (C=O) groups excluding carboxylic acids is 1. The molecule has 0 spiro atoms. The molecule has 2 heterocycles. The minimum atomic E-state index is 0.117. The van der Waals surface area contributed by atoms with E-state index in [1.165, 1.54) is 12.7 Å². The topological polar surface area (TPSA) is 63.1 Å². The Morgan fingerprint density at radius 2 is 2.18 bits per heavy atom. The Morgan fingerprint density at radius 1 is 1.36 bits per heavy atom. The SMILES string of the molecule is CNC[C@@H]1CCCN(C(=O)c2ccc(-n3cncn3)cc2)C1. The van der Waals surface area contributed by atoms with Crippen LogP contribution in [0.25, 0.3) is 5.69 Å². The van der Waals surface area contributed by atoms with Gasteiger partial charge < -0.3 is 10.2 Å². The lowest BCUT2D eigenvalue weighted by molar-refractivity contribution is 0.0674. The standard InChI is InChI=1S/C16H21N5O/c1-17-9-13-3-2-8-20(10-13)16(22)14-4-6-15(7-5-14)21-12-18-11-19-21/h4-7,11-13,17H,2-3,8-10H2,1H3/t13-/m0/s1. The van der Waals surface area contributed by atoms with Crippen LogP contribution < -0.4 is 5.32 Å². The normalized spacial score (nSPS) is 18.4. The summed E-state index contributed by atoms with van der Waals surface area (Å²) in [6, 6.07) is 7.52. The van der Waals surface area contributed by atoms with Crippen LogP contribution in [0.3, 0.4) is 0 Å². The Kier molecular flexibility index (Phi) is 4.48. The van der Waals surface area contributed by atoms with Crippen molar-refractivity contribution in [2.45, 2.75) is 12.8 Å². The highest BCUT2D eigenvalue weighted by Gasteiger charge is 2.23. The fraction of sp³-hybridized carbons (Fsp3) is 0.438. The van der Waals surface area contributed by atoms with Crippen molar-refractivity contribution in [3.8, 4) is 5.69 Å². The summed E-state index contributed by atoms with van der Waals surface area (Å²) in [4.78, 5) is 18.5. The summed E-state index contributed by atoms with van der Waals surface area (Å²) >= 11 is 0. The van der Waals surface area contributed by atoms with Crippen LogP contribution in [-0.4, -0.2) is 52.3 Å². The maximum Gasteiger partial charge on any atom is 0.253 e. The molecule has 0 aliphatic carbocycles. The van der Waals surface area contributed by atoms with E-state index in [0.717, 1.165) is 37.3 Å². The Hall–Kier alpha value is -2.21. The number of nitrogens with one attached hydrogen (secondary N) is 1. The number of likely N-dealkylation sites (tertiary alicyclic amines) is 1. The number of nitrogens with zero attached hydrogens (tertiary/aromatic N) is 4. The molecule has 0 radical (unpaired) electrons. The maximum absolute atomic E-state index is 12.6. The van der Waals surface area contributed by atoms with Crippen molar-refractivity contribution < 1.29 is 4.79 Å². The lowest BCUT2D eigenvalue weighted by Crippen LogP contribution is -2.42. The van der Waals surface area contributed by atoms with Crippen LogP contribution in [0.15, 0.2) is 36.9 Å². The molecule has 1 aromatic heterocycles. The Balaban J connectivity index is 1.69. The van der Waals surface area contributed by atoms with Gasteiger partial charge in [0.2, 0.25) is 0 Å². The molecule has 6 nitrogen and oxygen atoms in total. The van der Waals surface area contributed by atoms with Gasteiger partial charge >= 0.3 is 0 Å². The summed E-state index contributed by atoms with van der Waals surface area (Å²) in [5.74, 6) is 0.670. The number of piperidine rings is 1. The molecule has 1 aliphatic rings. The smallest absolute Gasteiger partial charge is 0.253 e. The molecule has 22 heavy (non-hydrogen) atoms. The van der Waals surface area contributed by atoms with Gasteiger partial charge in [-0.1, -0.05) is 0 Å². The average molecular weight is 299 g/mol. The number of aromatic nitrogens is 3. The second-order valence-electron chi connectivity index (χ2n) is 5.70. The van der Waals surface area contributed by atoms with Gasteiger partial charge in [-0.25, -0.2) is 9.67 Å². The quantitative estimate of drug-likeness (QED) is 0.925. The molecule has 0 bridgehead atoms. The predicted octanol–water partition coefficient (Wildman–Crippen LogP) is 1.34. The van der Waals surface area contributed by atoms with Crippen LogP contribution in [0.5, 0.6) is 0 Å². The Morgan fingerprint density at radius 3 is 2.86 bits per heavy atom. The van der Waals surface area contributed by atoms with E-state index in [0.29, 0.717) is 5.92 Å². The third-order valence-electron chi connectivity index (χ3n) is 4.10. The fourth-order valence-corrected chi connectivity index (χ4v) is 2.99. The maximum atomic E-state index is 12.6. The van der Waals surface area contributed by atoms with Crippen LogP contribution in [0.4, 0.5) is 0 Å². The zero-order valence-corrected chi connectivity index (χ0v) is 12.8. The summed E-state index contributed by atoms with van der Waals surface area (Å²) in [6.07, 6.45) is 5.41. The highest BCUT2D eigenvalue weighted by Crippen LogP contribution is 2.18. The van der Waals surface area contributed by atoms with Crippen LogP contribution >= 0.6 is 0 Å². The summed E-state index contributed by atoms with van der Waals surface area (Å²) < 4.78 is 1.68. The summed E-state index contributed by atoms with van der Waals surface area (Å²) in [5.41, 5.74) is 1.63. The lowest BCUT2D eigenvalue weighted by atomic mass is 9.97. The highest BCUT2D eigenvalue weighted by atomic mass is 16.2. The monoisotopic (exact) mass is 299 g/mol. The molecule has 2 aromatic rings. The molecule has 1 saturated heterocycles. The van der Waals surface area contributed by atoms with Crippen molar-refractivity contribution in [1.82, 2.24) is 25.0 Å². The van der Waals surface area contributed by atoms with Gasteiger partial charge in [0.1, 0.15) is 12.7 Å². The minimum absolute atomic E-state index is 0.117. The van der Waals surface area contributed by atoms with E-state index in [-0.39, 0.29) is 5.91 Å². The second-order valence-corrected chi connectivity index (χ2v) is 5.70. The van der Waals surface area contributed by atoms with E-state index in [1.54, 1.807) is 11.0 Å². The Bertz CT molecular complexity index is 606. The number of rotatable bonds is 4. The van der Waals surface area contributed by atoms with Gasteiger partial charge in [0, 0.05) is 18.7 Å². The Labute approximate surface area is 130 Å². The first kappa shape index (κ1) is 14.7. The summed E-state index contributed by atoms with van der Waals surface area (Å²) in [5, 5.41) is 7.29. The second kappa shape index (κ2) is 6.70. The van der Waals surface area contributed by atoms with Crippen LogP contribution in [0.2, 0.25) is 0 Å². The van der Waals surface area contributed by atoms with E-state index in [1.807, 2.05) is 36.2 Å². The molecule has 1 aliphatic heterocycles. The van der Waals surface area contributed by atoms with Crippen LogP contribution in [0.1, 0.15) is 23.2 Å². The van der Waals surface area contributed by atoms with Crippen molar-refractivity contribution in [1.29, 1.82) is 0 Å². The largest absolute Gasteiger partial charge is 0.338 e. The lowest BCUT2D eigenvalue weighted by Gasteiger charge is -2.32. The van der Waals surface area contributed by atoms with Gasteiger partial charge in [0.25, 0.3) is 5.91 Å². The molecule has 116 valence electrons. The summed E-state index contributed by atoms with van der Waals surface area (Å²) in [7, 11) is 1.96. The molecule has 0 unspecified atom stereocenters. The number of carbonyl (C=O) groups is 1. The van der Waals surface area contributed by atoms with E-state index in [9.17, 15) is 4.79 Å². The number of hydrogen-bond donors (Lipinski definition) is 1. The number of benzene rings is 1. The van der Waals surface area contributed by atoms with Crippen molar-refractivity contribution in [2.24, 2.45) is 5.92 Å². The van der Waals surface area contributed by atoms with Gasteiger partial charge in [-0.2, -0.15) is 5.10 Å². The first-order chi connectivity index (χ1) is 10.8. The molecule has 1 atom stereocenters. The van der Waals surface area contributed by atoms with Crippen LogP contribution in [-0.2, 0) is 0 Å². The molecule has 1 N–H and O–H groups in total. The van der Waals surface area contributed by atoms with Gasteiger partial charge in [0.15, 0.2) is 0 Å². The van der Waals surface area contributed by atoms with Gasteiger partial charge in [0.05, 0.1) is 5.69 Å². The first-order valence-electron chi connectivity index (χ1n) is 7.67. The van der Waals surface area contributed by atoms with Crippen molar-refractivity contribution in [2.75, 3.05) is 26.7 Å². The van der Waals surface area contributed by atoms with Gasteiger partial charge in [-0.05, 0) is 56.6 Å². The molecule has 3 rings (SSSR count). The van der Waals surface area contributed by atoms with E-state index < -0.39 is 0 Å². The first-order valence-corrected chi connectivity index (χ1v) is 7.67. The van der Waals surface area contributed by atoms with Gasteiger partial charge in [-0.3, -0.25) is 4.79 Å². The third-order valence-corrected chi connectivity index (χ3v) is 4.10. The molecule has 1 aromatic carbocycles. The zero-order chi connectivity index (χ0) is 15.4. The van der Waals surface area contributed by atoms with E-state index >= 15 is 0 Å². The summed E-state index contributed by atoms with van der Waals surface area (Å²) in [6.45, 7) is 2.66. The minimum Gasteiger partial charge on any atom is -0.338 e. The average Bonchev–Trinajstić information content (AvgIpc) is 3.09.